The molecule has 1 nitrogen and oxygen atoms in total. The molecule has 0 aromatic heterocycles. The van der Waals surface area contributed by atoms with Crippen LogP contribution < -0.4 is 5.73 Å². The van der Waals surface area contributed by atoms with Gasteiger partial charge in [0, 0.05) is 0 Å². The fraction of sp³-hybridized carbons (Fsp3) is 1.00. The summed E-state index contributed by atoms with van der Waals surface area (Å²) in [6.07, 6.45) is 5.51. The summed E-state index contributed by atoms with van der Waals surface area (Å²) >= 11 is 0. The maximum atomic E-state index is 5.56. The van der Waals surface area contributed by atoms with E-state index in [0.29, 0.717) is 5.41 Å². The zero-order valence-corrected chi connectivity index (χ0v) is 7.19. The maximum Gasteiger partial charge on any atom is -0.00719 e. The first kappa shape index (κ1) is 8.06. The van der Waals surface area contributed by atoms with E-state index in [2.05, 4.69) is 13.8 Å². The Labute approximate surface area is 64.0 Å². The summed E-state index contributed by atoms with van der Waals surface area (Å²) in [6, 6.07) is 0. The van der Waals surface area contributed by atoms with E-state index in [1.807, 2.05) is 0 Å². The fourth-order valence-corrected chi connectivity index (χ4v) is 2.03. The number of rotatable bonds is 3. The smallest absolute Gasteiger partial charge is 0.00719 e. The van der Waals surface area contributed by atoms with Crippen LogP contribution in [0.25, 0.3) is 0 Å². The third-order valence-electron chi connectivity index (χ3n) is 3.22. The van der Waals surface area contributed by atoms with Crippen LogP contribution in [0.5, 0.6) is 0 Å². The van der Waals surface area contributed by atoms with Crippen LogP contribution >= 0.6 is 0 Å². The minimum atomic E-state index is 0.648. The van der Waals surface area contributed by atoms with Crippen LogP contribution in [-0.4, -0.2) is 6.54 Å². The van der Waals surface area contributed by atoms with Crippen molar-refractivity contribution in [2.45, 2.75) is 39.5 Å². The minimum absolute atomic E-state index is 0.648. The molecule has 0 heterocycles. The molecule has 0 bridgehead atoms. The lowest BCUT2D eigenvalue weighted by Gasteiger charge is -2.45. The quantitative estimate of drug-likeness (QED) is 0.640. The van der Waals surface area contributed by atoms with Crippen molar-refractivity contribution in [3.63, 3.8) is 0 Å². The Balaban J connectivity index is 2.42. The monoisotopic (exact) mass is 141 g/mol. The van der Waals surface area contributed by atoms with Crippen molar-refractivity contribution in [1.29, 1.82) is 0 Å². The molecule has 10 heavy (non-hydrogen) atoms. The van der Waals surface area contributed by atoms with Crippen LogP contribution in [0.2, 0.25) is 0 Å². The molecule has 1 aliphatic rings. The highest BCUT2D eigenvalue weighted by molar-refractivity contribution is 4.90. The first-order valence-corrected chi connectivity index (χ1v) is 4.41. The first-order chi connectivity index (χ1) is 4.71. The standard InChI is InChI=1S/C9H19N/c1-8(2)9(6-7-10)4-3-5-9/h8H,3-7,10H2,1-2H3. The van der Waals surface area contributed by atoms with Gasteiger partial charge in [-0.1, -0.05) is 20.3 Å². The van der Waals surface area contributed by atoms with E-state index >= 15 is 0 Å². The van der Waals surface area contributed by atoms with Crippen molar-refractivity contribution in [2.24, 2.45) is 17.1 Å². The molecular weight excluding hydrogens is 122 g/mol. The van der Waals surface area contributed by atoms with Gasteiger partial charge in [-0.3, -0.25) is 0 Å². The highest BCUT2D eigenvalue weighted by Crippen LogP contribution is 2.49. The largest absolute Gasteiger partial charge is 0.330 e. The van der Waals surface area contributed by atoms with Crippen LogP contribution in [-0.2, 0) is 0 Å². The van der Waals surface area contributed by atoms with Crippen molar-refractivity contribution in [2.75, 3.05) is 6.54 Å². The Morgan fingerprint density at radius 2 is 2.00 bits per heavy atom. The summed E-state index contributed by atoms with van der Waals surface area (Å²) in [7, 11) is 0. The molecule has 0 aromatic carbocycles. The molecule has 1 saturated carbocycles. The van der Waals surface area contributed by atoms with E-state index in [0.717, 1.165) is 12.5 Å². The lowest BCUT2D eigenvalue weighted by atomic mass is 9.60. The van der Waals surface area contributed by atoms with E-state index in [-0.39, 0.29) is 0 Å². The van der Waals surface area contributed by atoms with Gasteiger partial charge in [0.2, 0.25) is 0 Å². The van der Waals surface area contributed by atoms with Gasteiger partial charge >= 0.3 is 0 Å². The molecule has 0 aliphatic heterocycles. The normalized spacial score (nSPS) is 22.8. The fourth-order valence-electron chi connectivity index (χ4n) is 2.03. The van der Waals surface area contributed by atoms with E-state index in [4.69, 9.17) is 5.73 Å². The Kier molecular flexibility index (Phi) is 2.35. The molecular formula is C9H19N. The molecule has 1 heteroatoms. The number of hydrogen-bond donors (Lipinski definition) is 1. The zero-order valence-electron chi connectivity index (χ0n) is 7.19. The summed E-state index contributed by atoms with van der Waals surface area (Å²) in [5.41, 5.74) is 6.21. The van der Waals surface area contributed by atoms with E-state index in [1.165, 1.54) is 25.7 Å². The van der Waals surface area contributed by atoms with Gasteiger partial charge in [0.25, 0.3) is 0 Å². The maximum absolute atomic E-state index is 5.56. The van der Waals surface area contributed by atoms with Crippen LogP contribution in [0.3, 0.4) is 0 Å². The van der Waals surface area contributed by atoms with Crippen LogP contribution in [0, 0.1) is 11.3 Å². The number of nitrogens with two attached hydrogens (primary N) is 1. The van der Waals surface area contributed by atoms with Crippen molar-refractivity contribution in [1.82, 2.24) is 0 Å². The third kappa shape index (κ3) is 1.20. The molecule has 2 N–H and O–H groups in total. The molecule has 0 atom stereocenters. The summed E-state index contributed by atoms with van der Waals surface area (Å²) in [4.78, 5) is 0. The zero-order chi connectivity index (χ0) is 7.61. The molecule has 0 radical (unpaired) electrons. The lowest BCUT2D eigenvalue weighted by molar-refractivity contribution is 0.0605. The van der Waals surface area contributed by atoms with Crippen LogP contribution in [0.15, 0.2) is 0 Å². The van der Waals surface area contributed by atoms with Gasteiger partial charge < -0.3 is 5.73 Å². The second kappa shape index (κ2) is 2.91. The SMILES string of the molecule is CC(C)C1(CCN)CCC1. The first-order valence-electron chi connectivity index (χ1n) is 4.41. The average molecular weight is 141 g/mol. The Bertz CT molecular complexity index is 103. The molecule has 60 valence electrons. The average Bonchev–Trinajstić information content (AvgIpc) is 1.77. The van der Waals surface area contributed by atoms with Gasteiger partial charge in [-0.05, 0) is 37.1 Å². The second-order valence-electron chi connectivity index (χ2n) is 3.91. The molecule has 1 rings (SSSR count). The van der Waals surface area contributed by atoms with Gasteiger partial charge in [0.05, 0.1) is 0 Å². The highest BCUT2D eigenvalue weighted by atomic mass is 14.6. The van der Waals surface area contributed by atoms with Crippen molar-refractivity contribution < 1.29 is 0 Å². The third-order valence-corrected chi connectivity index (χ3v) is 3.22. The van der Waals surface area contributed by atoms with E-state index < -0.39 is 0 Å². The van der Waals surface area contributed by atoms with Crippen LogP contribution in [0.4, 0.5) is 0 Å². The molecule has 1 aliphatic carbocycles. The molecule has 0 spiro atoms. The highest BCUT2D eigenvalue weighted by Gasteiger charge is 2.38. The predicted octanol–water partition coefficient (Wildman–Crippen LogP) is 2.16. The van der Waals surface area contributed by atoms with E-state index in [1.54, 1.807) is 0 Å². The minimum Gasteiger partial charge on any atom is -0.330 e. The molecule has 0 unspecified atom stereocenters. The van der Waals surface area contributed by atoms with E-state index in [9.17, 15) is 0 Å². The predicted molar refractivity (Wildman–Crippen MR) is 44.8 cm³/mol. The van der Waals surface area contributed by atoms with Crippen molar-refractivity contribution in [3.8, 4) is 0 Å². The van der Waals surface area contributed by atoms with Crippen molar-refractivity contribution >= 4 is 0 Å². The van der Waals surface area contributed by atoms with Gasteiger partial charge in [-0.2, -0.15) is 0 Å². The van der Waals surface area contributed by atoms with Gasteiger partial charge in [-0.15, -0.1) is 0 Å². The molecule has 0 aromatic rings. The topological polar surface area (TPSA) is 26.0 Å². The Morgan fingerprint density at radius 3 is 2.10 bits per heavy atom. The Morgan fingerprint density at radius 1 is 1.40 bits per heavy atom. The van der Waals surface area contributed by atoms with Crippen molar-refractivity contribution in [3.05, 3.63) is 0 Å². The summed E-state index contributed by atoms with van der Waals surface area (Å²) in [6.45, 7) is 5.53. The molecule has 1 fully saturated rings. The van der Waals surface area contributed by atoms with Gasteiger partial charge in [-0.25, -0.2) is 0 Å². The van der Waals surface area contributed by atoms with Gasteiger partial charge in [0.15, 0.2) is 0 Å². The summed E-state index contributed by atoms with van der Waals surface area (Å²) < 4.78 is 0. The Hall–Kier alpha value is -0.0400. The van der Waals surface area contributed by atoms with Crippen LogP contribution in [0.1, 0.15) is 39.5 Å². The molecule has 0 amide bonds. The van der Waals surface area contributed by atoms with Gasteiger partial charge in [0.1, 0.15) is 0 Å². The summed E-state index contributed by atoms with van der Waals surface area (Å²) in [5, 5.41) is 0. The number of hydrogen-bond acceptors (Lipinski definition) is 1. The lowest BCUT2D eigenvalue weighted by Crippen LogP contribution is -2.36. The summed E-state index contributed by atoms with van der Waals surface area (Å²) in [5.74, 6) is 0.838. The second-order valence-corrected chi connectivity index (χ2v) is 3.91. The molecule has 0 saturated heterocycles.